The molecule has 0 bridgehead atoms. The van der Waals surface area contributed by atoms with Crippen molar-refractivity contribution < 1.29 is 19.5 Å². The highest BCUT2D eigenvalue weighted by Gasteiger charge is 2.38. The van der Waals surface area contributed by atoms with E-state index < -0.39 is 12.0 Å². The summed E-state index contributed by atoms with van der Waals surface area (Å²) in [5.74, 6) is -0.949. The molecule has 2 fully saturated rings. The molecule has 0 aromatic heterocycles. The van der Waals surface area contributed by atoms with E-state index in [1.54, 1.807) is 11.9 Å². The molecule has 2 aliphatic rings. The van der Waals surface area contributed by atoms with Gasteiger partial charge in [-0.25, -0.2) is 9.59 Å². The molecule has 1 heterocycles. The molecule has 1 aliphatic carbocycles. The highest BCUT2D eigenvalue weighted by molar-refractivity contribution is 5.83. The molecular formula is C13H21N3O4. The Bertz CT molecular complexity index is 400. The van der Waals surface area contributed by atoms with Gasteiger partial charge in [-0.3, -0.25) is 4.79 Å². The Morgan fingerprint density at radius 2 is 1.75 bits per heavy atom. The molecule has 0 spiro atoms. The molecule has 0 radical (unpaired) electrons. The SMILES string of the molecule is CNC(=O)C1CCN(C(=O)NC(C(=O)O)C2CC2)CC1. The number of hydrogen-bond donors (Lipinski definition) is 3. The lowest BCUT2D eigenvalue weighted by molar-refractivity contribution is -0.139. The molecule has 7 heteroatoms. The summed E-state index contributed by atoms with van der Waals surface area (Å²) in [6.45, 7) is 0.974. The molecule has 1 aliphatic heterocycles. The van der Waals surface area contributed by atoms with Crippen LogP contribution >= 0.6 is 0 Å². The number of urea groups is 1. The van der Waals surface area contributed by atoms with Crippen molar-refractivity contribution in [2.45, 2.75) is 31.7 Å². The lowest BCUT2D eigenvalue weighted by atomic mass is 9.96. The molecule has 3 N–H and O–H groups in total. The monoisotopic (exact) mass is 283 g/mol. The molecule has 20 heavy (non-hydrogen) atoms. The smallest absolute Gasteiger partial charge is 0.326 e. The predicted octanol–water partition coefficient (Wildman–Crippen LogP) is 0.0172. The number of nitrogens with zero attached hydrogens (tertiary/aromatic N) is 1. The number of likely N-dealkylation sites (tertiary alicyclic amines) is 1. The summed E-state index contributed by atoms with van der Waals surface area (Å²) in [5, 5.41) is 14.3. The summed E-state index contributed by atoms with van der Waals surface area (Å²) in [5.41, 5.74) is 0. The summed E-state index contributed by atoms with van der Waals surface area (Å²) < 4.78 is 0. The Labute approximate surface area is 117 Å². The Kier molecular flexibility index (Phi) is 4.46. The molecular weight excluding hydrogens is 262 g/mol. The van der Waals surface area contributed by atoms with E-state index in [0.717, 1.165) is 12.8 Å². The summed E-state index contributed by atoms with van der Waals surface area (Å²) in [4.78, 5) is 36.2. The van der Waals surface area contributed by atoms with Crippen LogP contribution in [0.2, 0.25) is 0 Å². The maximum atomic E-state index is 12.0. The summed E-state index contributed by atoms with van der Waals surface area (Å²) >= 11 is 0. The topological polar surface area (TPSA) is 98.7 Å². The third kappa shape index (κ3) is 3.40. The van der Waals surface area contributed by atoms with Gasteiger partial charge in [-0.05, 0) is 31.6 Å². The van der Waals surface area contributed by atoms with Gasteiger partial charge < -0.3 is 20.6 Å². The predicted molar refractivity (Wildman–Crippen MR) is 71.0 cm³/mol. The van der Waals surface area contributed by atoms with Gasteiger partial charge >= 0.3 is 12.0 Å². The fourth-order valence-electron chi connectivity index (χ4n) is 2.58. The second-order valence-electron chi connectivity index (χ2n) is 5.48. The molecule has 1 saturated heterocycles. The van der Waals surface area contributed by atoms with Crippen LogP contribution < -0.4 is 10.6 Å². The van der Waals surface area contributed by atoms with Crippen LogP contribution in [-0.4, -0.2) is 54.1 Å². The van der Waals surface area contributed by atoms with E-state index in [4.69, 9.17) is 5.11 Å². The van der Waals surface area contributed by atoms with Crippen LogP contribution in [0.1, 0.15) is 25.7 Å². The van der Waals surface area contributed by atoms with Crippen LogP contribution in [0.3, 0.4) is 0 Å². The molecule has 112 valence electrons. The van der Waals surface area contributed by atoms with Gasteiger partial charge in [0.15, 0.2) is 0 Å². The van der Waals surface area contributed by atoms with E-state index in [0.29, 0.717) is 25.9 Å². The minimum absolute atomic E-state index is 0.00597. The molecule has 0 aromatic rings. The standard InChI is InChI=1S/C13H21N3O4/c1-14-11(17)9-4-6-16(7-5-9)13(20)15-10(12(18)19)8-2-3-8/h8-10H,2-7H2,1H3,(H,14,17)(H,15,20)(H,18,19). The number of rotatable bonds is 4. The number of piperidine rings is 1. The number of carbonyl (C=O) groups is 3. The molecule has 7 nitrogen and oxygen atoms in total. The second kappa shape index (κ2) is 6.11. The number of hydrogen-bond acceptors (Lipinski definition) is 3. The first-order chi connectivity index (χ1) is 9.52. The third-order valence-corrected chi connectivity index (χ3v) is 4.04. The normalized spacial score (nSPS) is 21.1. The van der Waals surface area contributed by atoms with Gasteiger partial charge in [0.05, 0.1) is 0 Å². The van der Waals surface area contributed by atoms with Crippen LogP contribution in [0.25, 0.3) is 0 Å². The van der Waals surface area contributed by atoms with E-state index in [9.17, 15) is 14.4 Å². The van der Waals surface area contributed by atoms with E-state index >= 15 is 0 Å². The van der Waals surface area contributed by atoms with Crippen molar-refractivity contribution >= 4 is 17.9 Å². The minimum atomic E-state index is -0.971. The lowest BCUT2D eigenvalue weighted by Gasteiger charge is -2.32. The highest BCUT2D eigenvalue weighted by Crippen LogP contribution is 2.32. The van der Waals surface area contributed by atoms with Crippen LogP contribution in [-0.2, 0) is 9.59 Å². The van der Waals surface area contributed by atoms with Gasteiger partial charge in [0, 0.05) is 26.1 Å². The van der Waals surface area contributed by atoms with Gasteiger partial charge in [0.1, 0.15) is 6.04 Å². The largest absolute Gasteiger partial charge is 0.480 e. The summed E-state index contributed by atoms with van der Waals surface area (Å²) in [6, 6.07) is -1.11. The van der Waals surface area contributed by atoms with Crippen molar-refractivity contribution in [1.82, 2.24) is 15.5 Å². The van der Waals surface area contributed by atoms with Crippen LogP contribution in [0.5, 0.6) is 0 Å². The van der Waals surface area contributed by atoms with Crippen molar-refractivity contribution in [2.75, 3.05) is 20.1 Å². The second-order valence-corrected chi connectivity index (χ2v) is 5.48. The zero-order valence-corrected chi connectivity index (χ0v) is 11.6. The van der Waals surface area contributed by atoms with E-state index in [1.807, 2.05) is 0 Å². The molecule has 0 aromatic carbocycles. The quantitative estimate of drug-likeness (QED) is 0.677. The molecule has 1 saturated carbocycles. The first kappa shape index (κ1) is 14.6. The van der Waals surface area contributed by atoms with Crippen LogP contribution in [0.15, 0.2) is 0 Å². The first-order valence-corrected chi connectivity index (χ1v) is 7.02. The van der Waals surface area contributed by atoms with E-state index in [2.05, 4.69) is 10.6 Å². The van der Waals surface area contributed by atoms with Gasteiger partial charge in [0.25, 0.3) is 0 Å². The van der Waals surface area contributed by atoms with Gasteiger partial charge in [-0.2, -0.15) is 0 Å². The van der Waals surface area contributed by atoms with Crippen LogP contribution in [0.4, 0.5) is 4.79 Å². The molecule has 1 atom stereocenters. The Balaban J connectivity index is 1.82. The lowest BCUT2D eigenvalue weighted by Crippen LogP contribution is -2.51. The van der Waals surface area contributed by atoms with Crippen molar-refractivity contribution in [3.8, 4) is 0 Å². The molecule has 2 rings (SSSR count). The molecule has 3 amide bonds. The van der Waals surface area contributed by atoms with Gasteiger partial charge in [0.2, 0.25) is 5.91 Å². The number of aliphatic carboxylic acids is 1. The number of amides is 3. The number of carbonyl (C=O) groups excluding carboxylic acids is 2. The number of nitrogens with one attached hydrogen (secondary N) is 2. The summed E-state index contributed by atoms with van der Waals surface area (Å²) in [6.07, 6.45) is 2.95. The fourth-order valence-corrected chi connectivity index (χ4v) is 2.58. The Hall–Kier alpha value is -1.79. The maximum absolute atomic E-state index is 12.0. The number of carboxylic acid groups (broad SMARTS) is 1. The first-order valence-electron chi connectivity index (χ1n) is 7.02. The van der Waals surface area contributed by atoms with Crippen molar-refractivity contribution in [3.05, 3.63) is 0 Å². The Morgan fingerprint density at radius 1 is 1.15 bits per heavy atom. The Morgan fingerprint density at radius 3 is 2.20 bits per heavy atom. The number of carboxylic acids is 1. The van der Waals surface area contributed by atoms with Crippen LogP contribution in [0, 0.1) is 11.8 Å². The van der Waals surface area contributed by atoms with E-state index in [-0.39, 0.29) is 23.8 Å². The van der Waals surface area contributed by atoms with Gasteiger partial charge in [-0.15, -0.1) is 0 Å². The average molecular weight is 283 g/mol. The molecule has 1 unspecified atom stereocenters. The highest BCUT2D eigenvalue weighted by atomic mass is 16.4. The van der Waals surface area contributed by atoms with E-state index in [1.165, 1.54) is 0 Å². The average Bonchev–Trinajstić information content (AvgIpc) is 3.28. The minimum Gasteiger partial charge on any atom is -0.480 e. The summed E-state index contributed by atoms with van der Waals surface area (Å²) in [7, 11) is 1.61. The van der Waals surface area contributed by atoms with Crippen molar-refractivity contribution in [3.63, 3.8) is 0 Å². The third-order valence-electron chi connectivity index (χ3n) is 4.04. The van der Waals surface area contributed by atoms with Gasteiger partial charge in [-0.1, -0.05) is 0 Å². The maximum Gasteiger partial charge on any atom is 0.326 e. The van der Waals surface area contributed by atoms with Crippen molar-refractivity contribution in [2.24, 2.45) is 11.8 Å². The fraction of sp³-hybridized carbons (Fsp3) is 0.769. The zero-order valence-electron chi connectivity index (χ0n) is 11.6. The zero-order chi connectivity index (χ0) is 14.7. The van der Waals surface area contributed by atoms with Crippen molar-refractivity contribution in [1.29, 1.82) is 0 Å².